The van der Waals surface area contributed by atoms with Crippen LogP contribution in [0, 0.1) is 0 Å². The zero-order valence-corrected chi connectivity index (χ0v) is 13.7. The molecule has 0 unspecified atom stereocenters. The molecule has 0 radical (unpaired) electrons. The third-order valence-corrected chi connectivity index (χ3v) is 3.99. The zero-order chi connectivity index (χ0) is 14.9. The molecule has 0 fully saturated rings. The molecule has 0 atom stereocenters. The van der Waals surface area contributed by atoms with Crippen LogP contribution >= 0.6 is 0 Å². The van der Waals surface area contributed by atoms with Gasteiger partial charge in [-0.25, -0.2) is 0 Å². The number of carbonyl (C=O) groups is 1. The molecule has 0 aliphatic rings. The van der Waals surface area contributed by atoms with E-state index in [1.807, 2.05) is 0 Å². The Morgan fingerprint density at radius 1 is 0.591 bits per heavy atom. The van der Waals surface area contributed by atoms with Crippen LogP contribution in [0.5, 0.6) is 0 Å². The minimum atomic E-state index is -0.653. The molecule has 0 amide bonds. The molecule has 128 valence electrons. The Morgan fingerprint density at radius 3 is 1.14 bits per heavy atom. The van der Waals surface area contributed by atoms with Gasteiger partial charge in [0.15, 0.2) is 0 Å². The molecule has 0 saturated carbocycles. The van der Waals surface area contributed by atoms with Crippen LogP contribution in [0.4, 0.5) is 0 Å². The van der Waals surface area contributed by atoms with Crippen LogP contribution < -0.4 is 0 Å². The van der Waals surface area contributed by atoms with Crippen LogP contribution in [0.3, 0.4) is 0 Å². The molecule has 1 N–H and O–H groups in total. The maximum absolute atomic E-state index is 10.3. The van der Waals surface area contributed by atoms with E-state index in [1.54, 1.807) is 0 Å². The molecule has 0 aliphatic heterocycles. The molecule has 2 nitrogen and oxygen atoms in total. The van der Waals surface area contributed by atoms with Crippen molar-refractivity contribution in [1.82, 2.24) is 0 Å². The van der Waals surface area contributed by atoms with Gasteiger partial charge in [-0.3, -0.25) is 4.79 Å². The van der Waals surface area contributed by atoms with Gasteiger partial charge in [0.05, 0.1) is 0 Å². The quantitative estimate of drug-likeness (QED) is 0.270. The molecule has 0 heterocycles. The van der Waals surface area contributed by atoms with Gasteiger partial charge in [0, 0.05) is 6.42 Å². The number of carboxylic acids is 1. The van der Waals surface area contributed by atoms with E-state index < -0.39 is 5.97 Å². The van der Waals surface area contributed by atoms with E-state index in [1.165, 1.54) is 83.5 Å². The first-order valence-electron chi connectivity index (χ1n) is 8.99. The number of unbranched alkanes of at least 4 members (excludes halogenated alkanes) is 14. The van der Waals surface area contributed by atoms with E-state index in [2.05, 4.69) is 6.92 Å². The molecule has 0 aromatic rings. The van der Waals surface area contributed by atoms with E-state index in [0.717, 1.165) is 12.8 Å². The third-order valence-electron chi connectivity index (χ3n) is 3.99. The van der Waals surface area contributed by atoms with E-state index >= 15 is 0 Å². The standard InChI is InChI=1S/C18H36O2.2Sr.4H/c1-2-3-4-5-6-7-8-9-10-11-12-13-14-15-16-17-18(19)20;;;;;;/h2-17H2,1H3,(H,19,20);;;;;;. The monoisotopic (exact) mass is 464 g/mol. The predicted molar refractivity (Wildman–Crippen MR) is 104 cm³/mol. The predicted octanol–water partition coefficient (Wildman–Crippen LogP) is 4.50. The van der Waals surface area contributed by atoms with Crippen LogP contribution in [0.15, 0.2) is 0 Å². The summed E-state index contributed by atoms with van der Waals surface area (Å²) in [6.45, 7) is 2.27. The summed E-state index contributed by atoms with van der Waals surface area (Å²) in [6.07, 6.45) is 20.2. The molecule has 0 saturated heterocycles. The van der Waals surface area contributed by atoms with E-state index in [0.29, 0.717) is 6.42 Å². The summed E-state index contributed by atoms with van der Waals surface area (Å²) < 4.78 is 0. The summed E-state index contributed by atoms with van der Waals surface area (Å²) in [6, 6.07) is 0. The molecule has 0 aliphatic carbocycles. The van der Waals surface area contributed by atoms with Crippen LogP contribution in [0.25, 0.3) is 0 Å². The van der Waals surface area contributed by atoms with Crippen molar-refractivity contribution < 1.29 is 9.90 Å². The van der Waals surface area contributed by atoms with Crippen molar-refractivity contribution in [2.45, 2.75) is 110 Å². The Balaban J connectivity index is -0.00000180. The fourth-order valence-electron chi connectivity index (χ4n) is 2.65. The first kappa shape index (κ1) is 29.2. The first-order chi connectivity index (χ1) is 9.77. The number of hydrogen-bond donors (Lipinski definition) is 1. The normalized spacial score (nSPS) is 9.86. The molecular formula is C18H40O2Sr2. The van der Waals surface area contributed by atoms with Gasteiger partial charge in [-0.2, -0.15) is 0 Å². The van der Waals surface area contributed by atoms with Crippen molar-refractivity contribution >= 4 is 96.9 Å². The molecule has 0 aromatic heterocycles. The average Bonchev–Trinajstić information content (AvgIpc) is 2.43. The fourth-order valence-corrected chi connectivity index (χ4v) is 2.65. The molecule has 0 aromatic carbocycles. The van der Waals surface area contributed by atoms with Crippen molar-refractivity contribution in [2.24, 2.45) is 0 Å². The van der Waals surface area contributed by atoms with Gasteiger partial charge in [0.25, 0.3) is 0 Å². The number of hydrogen-bond acceptors (Lipinski definition) is 1. The van der Waals surface area contributed by atoms with Crippen LogP contribution in [-0.4, -0.2) is 102 Å². The summed E-state index contributed by atoms with van der Waals surface area (Å²) in [4.78, 5) is 10.3. The summed E-state index contributed by atoms with van der Waals surface area (Å²) in [5.74, 6) is -0.653. The van der Waals surface area contributed by atoms with Gasteiger partial charge >= 0.3 is 96.9 Å². The summed E-state index contributed by atoms with van der Waals surface area (Å²) in [5, 5.41) is 8.52. The average molecular weight is 464 g/mol. The van der Waals surface area contributed by atoms with Gasteiger partial charge in [0.1, 0.15) is 0 Å². The van der Waals surface area contributed by atoms with Crippen LogP contribution in [-0.2, 0) is 4.79 Å². The third kappa shape index (κ3) is 27.3. The molecule has 22 heavy (non-hydrogen) atoms. The topological polar surface area (TPSA) is 37.3 Å². The van der Waals surface area contributed by atoms with Gasteiger partial charge in [0.2, 0.25) is 0 Å². The van der Waals surface area contributed by atoms with Crippen LogP contribution in [0.2, 0.25) is 0 Å². The second-order valence-corrected chi connectivity index (χ2v) is 6.09. The molecule has 0 bridgehead atoms. The Kier molecular flexibility index (Phi) is 34.1. The zero-order valence-electron chi connectivity index (χ0n) is 13.7. The van der Waals surface area contributed by atoms with Crippen molar-refractivity contribution in [3.8, 4) is 0 Å². The summed E-state index contributed by atoms with van der Waals surface area (Å²) in [5.41, 5.74) is 0. The molecular weight excluding hydrogens is 423 g/mol. The second kappa shape index (κ2) is 25.7. The Labute approximate surface area is 213 Å². The van der Waals surface area contributed by atoms with Gasteiger partial charge < -0.3 is 5.11 Å². The first-order valence-corrected chi connectivity index (χ1v) is 8.99. The van der Waals surface area contributed by atoms with Crippen molar-refractivity contribution in [1.29, 1.82) is 0 Å². The van der Waals surface area contributed by atoms with Crippen molar-refractivity contribution in [2.75, 3.05) is 0 Å². The fraction of sp³-hybridized carbons (Fsp3) is 0.944. The van der Waals surface area contributed by atoms with E-state index in [4.69, 9.17) is 5.11 Å². The van der Waals surface area contributed by atoms with Crippen molar-refractivity contribution in [3.63, 3.8) is 0 Å². The molecule has 0 spiro atoms. The van der Waals surface area contributed by atoms with Gasteiger partial charge in [-0.15, -0.1) is 0 Å². The van der Waals surface area contributed by atoms with E-state index in [-0.39, 0.29) is 91.0 Å². The number of carboxylic acid groups (broad SMARTS) is 1. The maximum atomic E-state index is 10.3. The Bertz CT molecular complexity index is 211. The van der Waals surface area contributed by atoms with Gasteiger partial charge in [-0.05, 0) is 6.42 Å². The van der Waals surface area contributed by atoms with Crippen LogP contribution in [0.1, 0.15) is 110 Å². The van der Waals surface area contributed by atoms with E-state index in [9.17, 15) is 4.79 Å². The van der Waals surface area contributed by atoms with Gasteiger partial charge in [-0.1, -0.05) is 96.8 Å². The summed E-state index contributed by atoms with van der Waals surface area (Å²) in [7, 11) is 0. The van der Waals surface area contributed by atoms with Crippen molar-refractivity contribution in [3.05, 3.63) is 0 Å². The second-order valence-electron chi connectivity index (χ2n) is 6.09. The molecule has 0 rings (SSSR count). The Hall–Kier alpha value is 2.43. The SMILES string of the molecule is CCCCCCCCCCCCCCCCCC(=O)O.[SrH2].[SrH2]. The minimum absolute atomic E-state index is 0. The number of aliphatic carboxylic acids is 1. The molecule has 4 heteroatoms. The summed E-state index contributed by atoms with van der Waals surface area (Å²) >= 11 is 0. The number of rotatable bonds is 16. The Morgan fingerprint density at radius 2 is 0.864 bits per heavy atom.